The summed E-state index contributed by atoms with van der Waals surface area (Å²) >= 11 is 7.75. The molecule has 0 aliphatic carbocycles. The molecule has 0 unspecified atom stereocenters. The second-order valence-corrected chi connectivity index (χ2v) is 5.76. The summed E-state index contributed by atoms with van der Waals surface area (Å²) in [6.07, 6.45) is 0. The molecule has 6 heteroatoms. The van der Waals surface area contributed by atoms with Crippen molar-refractivity contribution in [3.8, 4) is 0 Å². The first-order valence-electron chi connectivity index (χ1n) is 6.60. The zero-order valence-electron chi connectivity index (χ0n) is 11.5. The molecule has 0 saturated carbocycles. The fourth-order valence-electron chi connectivity index (χ4n) is 1.98. The Morgan fingerprint density at radius 2 is 2.14 bits per heavy atom. The average molecular weight is 320 g/mol. The molecule has 2 heterocycles. The quantitative estimate of drug-likeness (QED) is 0.697. The van der Waals surface area contributed by atoms with E-state index in [0.717, 1.165) is 5.69 Å². The lowest BCUT2D eigenvalue weighted by molar-refractivity contribution is 0.128. The van der Waals surface area contributed by atoms with Crippen molar-refractivity contribution in [3.63, 3.8) is 0 Å². The van der Waals surface area contributed by atoms with Gasteiger partial charge in [0.05, 0.1) is 0 Å². The molecular formula is C15H14ClN3OS. The molecule has 0 aliphatic rings. The van der Waals surface area contributed by atoms with Gasteiger partial charge >= 0.3 is 0 Å². The highest BCUT2D eigenvalue weighted by molar-refractivity contribution is 7.17. The highest BCUT2D eigenvalue weighted by Gasteiger charge is 2.05. The van der Waals surface area contributed by atoms with Crippen molar-refractivity contribution >= 4 is 44.5 Å². The molecule has 1 N–H and O–H groups in total. The van der Waals surface area contributed by atoms with Crippen molar-refractivity contribution in [1.29, 1.82) is 0 Å². The van der Waals surface area contributed by atoms with Crippen LogP contribution >= 0.6 is 22.9 Å². The molecule has 21 heavy (non-hydrogen) atoms. The average Bonchev–Trinajstić information content (AvgIpc) is 2.92. The molecule has 0 fully saturated rings. The third kappa shape index (κ3) is 3.50. The summed E-state index contributed by atoms with van der Waals surface area (Å²) in [4.78, 5) is 8.55. The zero-order chi connectivity index (χ0) is 14.7. The van der Waals surface area contributed by atoms with Crippen molar-refractivity contribution < 1.29 is 4.74 Å². The monoisotopic (exact) mass is 319 g/mol. The number of halogens is 1. The SMILES string of the molecule is CCOCc1nc(Cl)cc(Nc2ccc3sccc3c2)n1. The minimum Gasteiger partial charge on any atom is -0.374 e. The number of ether oxygens (including phenoxy) is 1. The van der Waals surface area contributed by atoms with Crippen LogP contribution in [-0.2, 0) is 11.3 Å². The van der Waals surface area contributed by atoms with Gasteiger partial charge in [0.2, 0.25) is 0 Å². The molecule has 0 aliphatic heterocycles. The van der Waals surface area contributed by atoms with Gasteiger partial charge in [-0.15, -0.1) is 11.3 Å². The lowest BCUT2D eigenvalue weighted by atomic mass is 10.2. The molecule has 4 nitrogen and oxygen atoms in total. The minimum atomic E-state index is 0.356. The topological polar surface area (TPSA) is 47.0 Å². The molecular weight excluding hydrogens is 306 g/mol. The van der Waals surface area contributed by atoms with Crippen molar-refractivity contribution in [3.05, 3.63) is 46.7 Å². The van der Waals surface area contributed by atoms with Crippen LogP contribution in [0.15, 0.2) is 35.7 Å². The summed E-state index contributed by atoms with van der Waals surface area (Å²) in [5, 5.41) is 6.95. The Bertz CT molecular complexity index is 760. The standard InChI is InChI=1S/C15H14ClN3OS/c1-2-20-9-15-18-13(16)8-14(19-15)17-11-3-4-12-10(7-11)5-6-21-12/h3-8H,2,9H2,1H3,(H,17,18,19). The highest BCUT2D eigenvalue weighted by atomic mass is 35.5. The van der Waals surface area contributed by atoms with Crippen molar-refractivity contribution in [2.24, 2.45) is 0 Å². The van der Waals surface area contributed by atoms with E-state index in [-0.39, 0.29) is 0 Å². The maximum absolute atomic E-state index is 6.03. The van der Waals surface area contributed by atoms with Gasteiger partial charge in [0.15, 0.2) is 5.82 Å². The van der Waals surface area contributed by atoms with E-state index >= 15 is 0 Å². The number of hydrogen-bond donors (Lipinski definition) is 1. The molecule has 3 rings (SSSR count). The number of aromatic nitrogens is 2. The van der Waals surface area contributed by atoms with E-state index in [2.05, 4.69) is 38.9 Å². The fourth-order valence-corrected chi connectivity index (χ4v) is 2.95. The molecule has 0 saturated heterocycles. The van der Waals surface area contributed by atoms with Crippen LogP contribution in [0.5, 0.6) is 0 Å². The van der Waals surface area contributed by atoms with E-state index < -0.39 is 0 Å². The maximum atomic E-state index is 6.03. The van der Waals surface area contributed by atoms with Crippen molar-refractivity contribution in [2.75, 3.05) is 11.9 Å². The lowest BCUT2D eigenvalue weighted by Crippen LogP contribution is -2.02. The first-order valence-corrected chi connectivity index (χ1v) is 7.86. The summed E-state index contributed by atoms with van der Waals surface area (Å²) in [6, 6.07) is 10.0. The van der Waals surface area contributed by atoms with E-state index in [1.165, 1.54) is 10.1 Å². The van der Waals surface area contributed by atoms with E-state index in [4.69, 9.17) is 16.3 Å². The highest BCUT2D eigenvalue weighted by Crippen LogP contribution is 2.26. The van der Waals surface area contributed by atoms with Crippen LogP contribution in [0, 0.1) is 0 Å². The summed E-state index contributed by atoms with van der Waals surface area (Å²) in [6.45, 7) is 2.91. The Hall–Kier alpha value is -1.69. The van der Waals surface area contributed by atoms with Gasteiger partial charge in [-0.25, -0.2) is 9.97 Å². The number of fused-ring (bicyclic) bond motifs is 1. The largest absolute Gasteiger partial charge is 0.374 e. The second-order valence-electron chi connectivity index (χ2n) is 4.43. The molecule has 0 atom stereocenters. The Morgan fingerprint density at radius 3 is 3.00 bits per heavy atom. The predicted molar refractivity (Wildman–Crippen MR) is 87.5 cm³/mol. The van der Waals surface area contributed by atoms with Crippen LogP contribution in [-0.4, -0.2) is 16.6 Å². The molecule has 108 valence electrons. The van der Waals surface area contributed by atoms with Gasteiger partial charge in [-0.3, -0.25) is 0 Å². The molecule has 0 radical (unpaired) electrons. The zero-order valence-corrected chi connectivity index (χ0v) is 13.0. The van der Waals surface area contributed by atoms with Gasteiger partial charge in [0, 0.05) is 23.1 Å². The summed E-state index contributed by atoms with van der Waals surface area (Å²) in [5.74, 6) is 1.24. The summed E-state index contributed by atoms with van der Waals surface area (Å²) < 4.78 is 6.58. The van der Waals surface area contributed by atoms with Gasteiger partial charge in [-0.2, -0.15) is 0 Å². The number of rotatable bonds is 5. The van der Waals surface area contributed by atoms with Crippen LogP contribution in [0.2, 0.25) is 5.15 Å². The Balaban J connectivity index is 1.84. The molecule has 2 aromatic heterocycles. The van der Waals surface area contributed by atoms with Crippen LogP contribution in [0.3, 0.4) is 0 Å². The molecule has 0 spiro atoms. The van der Waals surface area contributed by atoms with E-state index in [0.29, 0.717) is 30.0 Å². The summed E-state index contributed by atoms with van der Waals surface area (Å²) in [7, 11) is 0. The van der Waals surface area contributed by atoms with Gasteiger partial charge < -0.3 is 10.1 Å². The fraction of sp³-hybridized carbons (Fsp3) is 0.200. The van der Waals surface area contributed by atoms with Gasteiger partial charge in [0.1, 0.15) is 17.6 Å². The number of hydrogen-bond acceptors (Lipinski definition) is 5. The van der Waals surface area contributed by atoms with Gasteiger partial charge in [-0.05, 0) is 42.0 Å². The Labute approximate surface area is 131 Å². The maximum Gasteiger partial charge on any atom is 0.158 e. The number of anilines is 2. The smallest absolute Gasteiger partial charge is 0.158 e. The Morgan fingerprint density at radius 1 is 1.24 bits per heavy atom. The lowest BCUT2D eigenvalue weighted by Gasteiger charge is -2.08. The Kier molecular flexibility index (Phi) is 4.34. The van der Waals surface area contributed by atoms with Crippen molar-refractivity contribution in [2.45, 2.75) is 13.5 Å². The van der Waals surface area contributed by atoms with Crippen molar-refractivity contribution in [1.82, 2.24) is 9.97 Å². The first-order chi connectivity index (χ1) is 10.2. The third-order valence-electron chi connectivity index (χ3n) is 2.90. The third-order valence-corrected chi connectivity index (χ3v) is 3.99. The first kappa shape index (κ1) is 14.3. The van der Waals surface area contributed by atoms with Crippen LogP contribution in [0.1, 0.15) is 12.7 Å². The van der Waals surface area contributed by atoms with Gasteiger partial charge in [-0.1, -0.05) is 11.6 Å². The van der Waals surface area contributed by atoms with Crippen LogP contribution in [0.4, 0.5) is 11.5 Å². The normalized spacial score (nSPS) is 11.0. The number of benzene rings is 1. The van der Waals surface area contributed by atoms with E-state index in [1.54, 1.807) is 17.4 Å². The van der Waals surface area contributed by atoms with Gasteiger partial charge in [0.25, 0.3) is 0 Å². The molecule has 1 aromatic carbocycles. The molecule has 3 aromatic rings. The molecule has 0 bridgehead atoms. The van der Waals surface area contributed by atoms with E-state index in [9.17, 15) is 0 Å². The predicted octanol–water partition coefficient (Wildman–Crippen LogP) is 4.62. The molecule has 0 amide bonds. The number of nitrogens with one attached hydrogen (secondary N) is 1. The minimum absolute atomic E-state index is 0.356. The summed E-state index contributed by atoms with van der Waals surface area (Å²) in [5.41, 5.74) is 0.970. The van der Waals surface area contributed by atoms with E-state index in [1.807, 2.05) is 13.0 Å². The van der Waals surface area contributed by atoms with Crippen LogP contribution in [0.25, 0.3) is 10.1 Å². The number of nitrogens with zero attached hydrogens (tertiary/aromatic N) is 2. The number of thiophene rings is 1. The second kappa shape index (κ2) is 6.39. The van der Waals surface area contributed by atoms with Crippen LogP contribution < -0.4 is 5.32 Å².